The molecule has 2 atom stereocenters. The van der Waals surface area contributed by atoms with Crippen LogP contribution in [0.3, 0.4) is 0 Å². The fourth-order valence-corrected chi connectivity index (χ4v) is 5.46. The van der Waals surface area contributed by atoms with Crippen molar-refractivity contribution in [1.29, 1.82) is 0 Å². The van der Waals surface area contributed by atoms with Crippen LogP contribution < -0.4 is 9.62 Å². The van der Waals surface area contributed by atoms with E-state index in [0.717, 1.165) is 26.3 Å². The van der Waals surface area contributed by atoms with Gasteiger partial charge in [0.05, 0.1) is 29.0 Å². The van der Waals surface area contributed by atoms with Gasteiger partial charge in [0.1, 0.15) is 19.1 Å². The van der Waals surface area contributed by atoms with Gasteiger partial charge in [-0.3, -0.25) is 0 Å². The van der Waals surface area contributed by atoms with Gasteiger partial charge in [0.25, 0.3) is 0 Å². The van der Waals surface area contributed by atoms with Crippen LogP contribution in [0.15, 0.2) is 52.7 Å². The van der Waals surface area contributed by atoms with Crippen LogP contribution in [0.25, 0.3) is 0 Å². The Morgan fingerprint density at radius 1 is 1.12 bits per heavy atom. The van der Waals surface area contributed by atoms with Crippen molar-refractivity contribution in [3.8, 4) is 0 Å². The van der Waals surface area contributed by atoms with E-state index < -0.39 is 10.0 Å². The normalized spacial score (nSPS) is 19.0. The van der Waals surface area contributed by atoms with Crippen LogP contribution in [0.4, 0.5) is 0 Å². The van der Waals surface area contributed by atoms with E-state index in [2.05, 4.69) is 10.8 Å². The van der Waals surface area contributed by atoms with Crippen molar-refractivity contribution in [2.24, 2.45) is 0 Å². The summed E-state index contributed by atoms with van der Waals surface area (Å²) in [4.78, 5) is 2.88. The quantitative estimate of drug-likeness (QED) is 0.803. The second kappa shape index (κ2) is 7.76. The summed E-state index contributed by atoms with van der Waals surface area (Å²) in [6.45, 7) is 5.16. The van der Waals surface area contributed by atoms with Gasteiger partial charge in [-0.15, -0.1) is 11.3 Å². The lowest BCUT2D eigenvalue weighted by Crippen LogP contribution is -3.15. The Labute approximate surface area is 147 Å². The van der Waals surface area contributed by atoms with Crippen molar-refractivity contribution in [3.05, 3.63) is 52.7 Å². The number of ether oxygens (including phenoxy) is 1. The minimum absolute atomic E-state index is 0.0902. The molecular formula is C17H23N2O3S2+. The Hall–Kier alpha value is -1.25. The summed E-state index contributed by atoms with van der Waals surface area (Å²) in [5.41, 5.74) is 0. The number of hydrogen-bond acceptors (Lipinski definition) is 4. The second-order valence-corrected chi connectivity index (χ2v) is 8.68. The molecule has 0 amide bonds. The third-order valence-electron chi connectivity index (χ3n) is 4.32. The van der Waals surface area contributed by atoms with Crippen molar-refractivity contribution in [2.75, 3.05) is 26.3 Å². The lowest BCUT2D eigenvalue weighted by atomic mass is 10.1. The predicted molar refractivity (Wildman–Crippen MR) is 94.8 cm³/mol. The van der Waals surface area contributed by atoms with Gasteiger partial charge in [0.15, 0.2) is 0 Å². The van der Waals surface area contributed by atoms with Crippen molar-refractivity contribution in [1.82, 2.24) is 4.72 Å². The Bertz CT molecular complexity index is 726. The maximum atomic E-state index is 12.7. The van der Waals surface area contributed by atoms with Crippen molar-refractivity contribution < 1.29 is 18.1 Å². The van der Waals surface area contributed by atoms with E-state index in [9.17, 15) is 8.42 Å². The number of benzene rings is 1. The first kappa shape index (κ1) is 17.6. The number of sulfonamides is 1. The number of rotatable bonds is 6. The molecule has 24 heavy (non-hydrogen) atoms. The van der Waals surface area contributed by atoms with Gasteiger partial charge in [0.2, 0.25) is 10.0 Å². The molecule has 1 aromatic carbocycles. The monoisotopic (exact) mass is 367 g/mol. The molecule has 2 N–H and O–H groups in total. The van der Waals surface area contributed by atoms with Gasteiger partial charge in [-0.25, -0.2) is 13.1 Å². The highest BCUT2D eigenvalue weighted by molar-refractivity contribution is 7.89. The van der Waals surface area contributed by atoms with Crippen LogP contribution in [-0.2, 0) is 14.8 Å². The van der Waals surface area contributed by atoms with Crippen molar-refractivity contribution in [3.63, 3.8) is 0 Å². The van der Waals surface area contributed by atoms with Crippen LogP contribution in [0, 0.1) is 0 Å². The topological polar surface area (TPSA) is 59.8 Å². The van der Waals surface area contributed by atoms with Crippen LogP contribution in [0.5, 0.6) is 0 Å². The molecule has 5 nitrogen and oxygen atoms in total. The lowest BCUT2D eigenvalue weighted by Gasteiger charge is -2.34. The zero-order valence-corrected chi connectivity index (χ0v) is 15.3. The Morgan fingerprint density at radius 3 is 2.46 bits per heavy atom. The third-order valence-corrected chi connectivity index (χ3v) is 6.85. The summed E-state index contributed by atoms with van der Waals surface area (Å²) in [5, 5.41) is 2.04. The molecule has 1 aliphatic heterocycles. The van der Waals surface area contributed by atoms with Crippen molar-refractivity contribution >= 4 is 21.4 Å². The highest BCUT2D eigenvalue weighted by Gasteiger charge is 2.34. The molecule has 0 bridgehead atoms. The first-order chi connectivity index (χ1) is 11.6. The molecule has 2 heterocycles. The summed E-state index contributed by atoms with van der Waals surface area (Å²) >= 11 is 1.68. The van der Waals surface area contributed by atoms with E-state index >= 15 is 0 Å². The maximum absolute atomic E-state index is 12.7. The molecule has 0 unspecified atom stereocenters. The standard InChI is InChI=1S/C17H22N2O3S2/c1-14(18-24(20,21)15-6-3-2-4-7-15)17(16-8-5-13-23-16)19-9-11-22-12-10-19/h2-8,13-14,17-18H,9-12H2,1H3/p+1/t14-,17+/m0/s1. The first-order valence-electron chi connectivity index (χ1n) is 8.11. The largest absolute Gasteiger partial charge is 0.370 e. The number of nitrogens with one attached hydrogen (secondary N) is 2. The summed E-state index contributed by atoms with van der Waals surface area (Å²) in [7, 11) is -3.52. The average molecular weight is 368 g/mol. The Morgan fingerprint density at radius 2 is 1.83 bits per heavy atom. The third kappa shape index (κ3) is 4.04. The molecule has 1 fully saturated rings. The van der Waals surface area contributed by atoms with Gasteiger partial charge in [0, 0.05) is 0 Å². The van der Waals surface area contributed by atoms with E-state index in [0.29, 0.717) is 4.90 Å². The fourth-order valence-electron chi connectivity index (χ4n) is 3.19. The van der Waals surface area contributed by atoms with E-state index in [1.54, 1.807) is 35.6 Å². The summed E-state index contributed by atoms with van der Waals surface area (Å²) in [6, 6.07) is 12.5. The molecule has 1 saturated heterocycles. The second-order valence-electron chi connectivity index (χ2n) is 5.99. The van der Waals surface area contributed by atoms with Gasteiger partial charge in [-0.2, -0.15) is 0 Å². The smallest absolute Gasteiger partial charge is 0.241 e. The van der Waals surface area contributed by atoms with Crippen LogP contribution in [0.2, 0.25) is 0 Å². The van der Waals surface area contributed by atoms with Crippen molar-refractivity contribution in [2.45, 2.75) is 23.9 Å². The van der Waals surface area contributed by atoms with E-state index in [1.807, 2.05) is 24.4 Å². The molecule has 0 saturated carbocycles. The van der Waals surface area contributed by atoms with Gasteiger partial charge >= 0.3 is 0 Å². The Kier molecular flexibility index (Phi) is 5.68. The Balaban J connectivity index is 1.82. The van der Waals surface area contributed by atoms with Crippen LogP contribution >= 0.6 is 11.3 Å². The van der Waals surface area contributed by atoms with Gasteiger partial charge in [-0.1, -0.05) is 24.3 Å². The van der Waals surface area contributed by atoms with Crippen LogP contribution in [0.1, 0.15) is 17.8 Å². The molecule has 7 heteroatoms. The zero-order chi connectivity index (χ0) is 17.0. The molecule has 130 valence electrons. The molecule has 0 spiro atoms. The molecule has 3 rings (SSSR count). The minimum atomic E-state index is -3.52. The predicted octanol–water partition coefficient (Wildman–Crippen LogP) is 1.07. The fraction of sp³-hybridized carbons (Fsp3) is 0.412. The summed E-state index contributed by atoms with van der Waals surface area (Å²) < 4.78 is 33.7. The molecular weight excluding hydrogens is 344 g/mol. The lowest BCUT2D eigenvalue weighted by molar-refractivity contribution is -0.939. The van der Waals surface area contributed by atoms with Gasteiger partial charge < -0.3 is 9.64 Å². The number of quaternary nitrogens is 1. The van der Waals surface area contributed by atoms with E-state index in [1.165, 1.54) is 9.78 Å². The number of thiophene rings is 1. The highest BCUT2D eigenvalue weighted by Crippen LogP contribution is 2.21. The molecule has 1 aliphatic rings. The average Bonchev–Trinajstić information content (AvgIpc) is 3.10. The van der Waals surface area contributed by atoms with Gasteiger partial charge in [-0.05, 0) is 30.5 Å². The highest BCUT2D eigenvalue weighted by atomic mass is 32.2. The maximum Gasteiger partial charge on any atom is 0.241 e. The molecule has 2 aromatic rings. The molecule has 0 aliphatic carbocycles. The minimum Gasteiger partial charge on any atom is -0.370 e. The number of hydrogen-bond donors (Lipinski definition) is 2. The van der Waals surface area contributed by atoms with Crippen LogP contribution in [-0.4, -0.2) is 40.8 Å². The summed E-state index contributed by atoms with van der Waals surface area (Å²) in [5.74, 6) is 0. The molecule has 0 radical (unpaired) electrons. The summed E-state index contributed by atoms with van der Waals surface area (Å²) in [6.07, 6.45) is 0. The SMILES string of the molecule is C[C@H](NS(=O)(=O)c1ccccc1)[C@H](c1cccs1)[NH+]1CCOCC1. The van der Waals surface area contributed by atoms with E-state index in [-0.39, 0.29) is 12.1 Å². The first-order valence-corrected chi connectivity index (χ1v) is 10.5. The van der Waals surface area contributed by atoms with E-state index in [4.69, 9.17) is 4.74 Å². The zero-order valence-electron chi connectivity index (χ0n) is 13.6. The molecule has 1 aromatic heterocycles. The number of morpholine rings is 1.